The smallest absolute Gasteiger partial charge is 0.163 e. The van der Waals surface area contributed by atoms with E-state index in [0.717, 1.165) is 12.1 Å². The zero-order valence-electron chi connectivity index (χ0n) is 11.1. The topological polar surface area (TPSA) is 60.4 Å². The molecule has 0 atom stereocenters. The molecule has 0 N–H and O–H groups in total. The number of carbonyl (C=O) groups excluding carboxylic acids is 1. The van der Waals surface area contributed by atoms with E-state index in [1.807, 2.05) is 0 Å². The number of hydrogen-bond donors (Lipinski definition) is 0. The summed E-state index contributed by atoms with van der Waals surface area (Å²) in [6.07, 6.45) is 0. The quantitative estimate of drug-likeness (QED) is 0.753. The van der Waals surface area contributed by atoms with Gasteiger partial charge in [-0.1, -0.05) is 0 Å². The van der Waals surface area contributed by atoms with Crippen molar-refractivity contribution in [2.45, 2.75) is 26.0 Å². The van der Waals surface area contributed by atoms with E-state index in [1.54, 1.807) is 13.8 Å². The van der Waals surface area contributed by atoms with Crippen LogP contribution in [0.4, 0.5) is 4.39 Å². The molecule has 0 bridgehead atoms. The summed E-state index contributed by atoms with van der Waals surface area (Å²) in [5.41, 5.74) is 0.239. The SMILES string of the molecule is CC(=O)c1ccc(F)cc1OCCS(=O)(=O)C(C)C. The molecule has 0 spiro atoms. The Hall–Kier alpha value is -1.43. The third-order valence-corrected chi connectivity index (χ3v) is 4.84. The highest BCUT2D eigenvalue weighted by Crippen LogP contribution is 2.20. The maximum Gasteiger partial charge on any atom is 0.163 e. The average Bonchev–Trinajstić information content (AvgIpc) is 2.28. The molecular formula is C13H17FO4S. The number of ether oxygens (including phenoxy) is 1. The van der Waals surface area contributed by atoms with Crippen LogP contribution >= 0.6 is 0 Å². The zero-order valence-corrected chi connectivity index (χ0v) is 12.0. The third-order valence-electron chi connectivity index (χ3n) is 2.67. The monoisotopic (exact) mass is 288 g/mol. The van der Waals surface area contributed by atoms with E-state index < -0.39 is 20.9 Å². The maximum atomic E-state index is 13.1. The second-order valence-electron chi connectivity index (χ2n) is 4.46. The first-order valence-corrected chi connectivity index (χ1v) is 7.60. The van der Waals surface area contributed by atoms with Gasteiger partial charge in [0.05, 0.1) is 16.6 Å². The minimum atomic E-state index is -3.22. The number of carbonyl (C=O) groups is 1. The third kappa shape index (κ3) is 4.31. The Kier molecular flexibility index (Phi) is 5.05. The molecule has 106 valence electrons. The van der Waals surface area contributed by atoms with E-state index in [2.05, 4.69) is 0 Å². The van der Waals surface area contributed by atoms with Gasteiger partial charge in [0.2, 0.25) is 0 Å². The fourth-order valence-electron chi connectivity index (χ4n) is 1.41. The van der Waals surface area contributed by atoms with Gasteiger partial charge >= 0.3 is 0 Å². The fraction of sp³-hybridized carbons (Fsp3) is 0.462. The highest BCUT2D eigenvalue weighted by Gasteiger charge is 2.17. The molecule has 1 aromatic rings. The Labute approximate surface area is 112 Å². The van der Waals surface area contributed by atoms with Crippen LogP contribution in [-0.2, 0) is 9.84 Å². The van der Waals surface area contributed by atoms with E-state index in [4.69, 9.17) is 4.74 Å². The Morgan fingerprint density at radius 2 is 2.00 bits per heavy atom. The van der Waals surface area contributed by atoms with E-state index in [-0.39, 0.29) is 29.5 Å². The first kappa shape index (κ1) is 15.6. The van der Waals surface area contributed by atoms with Crippen LogP contribution < -0.4 is 4.74 Å². The van der Waals surface area contributed by atoms with Crippen LogP contribution in [0, 0.1) is 5.82 Å². The molecular weight excluding hydrogens is 271 g/mol. The summed E-state index contributed by atoms with van der Waals surface area (Å²) >= 11 is 0. The Balaban J connectivity index is 2.78. The summed E-state index contributed by atoms with van der Waals surface area (Å²) in [7, 11) is -3.22. The van der Waals surface area contributed by atoms with Crippen LogP contribution in [0.1, 0.15) is 31.1 Å². The first-order chi connectivity index (χ1) is 8.74. The van der Waals surface area contributed by atoms with Crippen molar-refractivity contribution in [2.24, 2.45) is 0 Å². The van der Waals surface area contributed by atoms with E-state index in [0.29, 0.717) is 0 Å². The van der Waals surface area contributed by atoms with Gasteiger partial charge in [-0.05, 0) is 32.9 Å². The van der Waals surface area contributed by atoms with Gasteiger partial charge in [-0.3, -0.25) is 4.79 Å². The lowest BCUT2D eigenvalue weighted by molar-refractivity contribution is 0.101. The van der Waals surface area contributed by atoms with Gasteiger partial charge in [0.1, 0.15) is 18.2 Å². The highest BCUT2D eigenvalue weighted by atomic mass is 32.2. The average molecular weight is 288 g/mol. The molecule has 0 amide bonds. The molecule has 19 heavy (non-hydrogen) atoms. The summed E-state index contributed by atoms with van der Waals surface area (Å²) in [6, 6.07) is 3.57. The second-order valence-corrected chi connectivity index (χ2v) is 7.14. The van der Waals surface area contributed by atoms with E-state index >= 15 is 0 Å². The molecule has 0 unspecified atom stereocenters. The van der Waals surface area contributed by atoms with Crippen molar-refractivity contribution in [1.82, 2.24) is 0 Å². The molecule has 1 rings (SSSR count). The number of rotatable bonds is 6. The van der Waals surface area contributed by atoms with Gasteiger partial charge in [-0.25, -0.2) is 12.8 Å². The Morgan fingerprint density at radius 3 is 2.53 bits per heavy atom. The van der Waals surface area contributed by atoms with Crippen molar-refractivity contribution >= 4 is 15.6 Å². The number of halogens is 1. The number of Topliss-reactive ketones (excluding diaryl/α,β-unsaturated/α-hetero) is 1. The van der Waals surface area contributed by atoms with Crippen LogP contribution in [0.25, 0.3) is 0 Å². The number of benzene rings is 1. The van der Waals surface area contributed by atoms with Crippen molar-refractivity contribution in [1.29, 1.82) is 0 Å². The van der Waals surface area contributed by atoms with Gasteiger partial charge in [0.15, 0.2) is 15.6 Å². The van der Waals surface area contributed by atoms with Gasteiger partial charge in [0.25, 0.3) is 0 Å². The molecule has 4 nitrogen and oxygen atoms in total. The largest absolute Gasteiger partial charge is 0.492 e. The number of sulfone groups is 1. The zero-order chi connectivity index (χ0) is 14.6. The molecule has 1 aromatic carbocycles. The molecule has 0 aliphatic heterocycles. The summed E-state index contributed by atoms with van der Waals surface area (Å²) < 4.78 is 41.5. The lowest BCUT2D eigenvalue weighted by atomic mass is 10.1. The fourth-order valence-corrected chi connectivity index (χ4v) is 2.20. The summed E-state index contributed by atoms with van der Waals surface area (Å²) in [5, 5.41) is -0.490. The molecule has 0 fully saturated rings. The molecule has 0 saturated heterocycles. The van der Waals surface area contributed by atoms with Crippen LogP contribution in [-0.4, -0.2) is 31.8 Å². The van der Waals surface area contributed by atoms with Crippen molar-refractivity contribution in [3.05, 3.63) is 29.6 Å². The standard InChI is InChI=1S/C13H17FO4S/c1-9(2)19(16,17)7-6-18-13-8-11(14)4-5-12(13)10(3)15/h4-5,8-9H,6-7H2,1-3H3. The minimum Gasteiger partial charge on any atom is -0.492 e. The molecule has 0 aliphatic carbocycles. The summed E-state index contributed by atoms with van der Waals surface area (Å²) in [5.74, 6) is -0.890. The van der Waals surface area contributed by atoms with Crippen LogP contribution in [0.15, 0.2) is 18.2 Å². The summed E-state index contributed by atoms with van der Waals surface area (Å²) in [4.78, 5) is 11.3. The number of hydrogen-bond acceptors (Lipinski definition) is 4. The van der Waals surface area contributed by atoms with Crippen molar-refractivity contribution in [3.8, 4) is 5.75 Å². The van der Waals surface area contributed by atoms with Gasteiger partial charge in [-0.2, -0.15) is 0 Å². The van der Waals surface area contributed by atoms with E-state index in [1.165, 1.54) is 13.0 Å². The van der Waals surface area contributed by atoms with Gasteiger partial charge < -0.3 is 4.74 Å². The van der Waals surface area contributed by atoms with Gasteiger partial charge in [-0.15, -0.1) is 0 Å². The van der Waals surface area contributed by atoms with Crippen molar-refractivity contribution < 1.29 is 22.3 Å². The summed E-state index contributed by atoms with van der Waals surface area (Å²) in [6.45, 7) is 4.40. The lowest BCUT2D eigenvalue weighted by Crippen LogP contribution is -2.22. The lowest BCUT2D eigenvalue weighted by Gasteiger charge is -2.11. The number of ketones is 1. The first-order valence-electron chi connectivity index (χ1n) is 5.89. The molecule has 0 radical (unpaired) electrons. The molecule has 0 aliphatic rings. The van der Waals surface area contributed by atoms with Gasteiger partial charge in [0, 0.05) is 6.07 Å². The Morgan fingerprint density at radius 1 is 1.37 bits per heavy atom. The maximum absolute atomic E-state index is 13.1. The Bertz CT molecular complexity index is 564. The minimum absolute atomic E-state index is 0.0754. The van der Waals surface area contributed by atoms with Crippen molar-refractivity contribution in [2.75, 3.05) is 12.4 Å². The van der Waals surface area contributed by atoms with E-state index in [9.17, 15) is 17.6 Å². The normalized spacial score (nSPS) is 11.6. The predicted molar refractivity (Wildman–Crippen MR) is 70.8 cm³/mol. The molecule has 0 heterocycles. The molecule has 0 aromatic heterocycles. The molecule has 6 heteroatoms. The van der Waals surface area contributed by atoms with Crippen molar-refractivity contribution in [3.63, 3.8) is 0 Å². The predicted octanol–water partition coefficient (Wildman–Crippen LogP) is 2.23. The van der Waals surface area contributed by atoms with Crippen LogP contribution in [0.3, 0.4) is 0 Å². The molecule has 0 saturated carbocycles. The van der Waals surface area contributed by atoms with Crippen LogP contribution in [0.2, 0.25) is 0 Å². The second kappa shape index (κ2) is 6.14. The van der Waals surface area contributed by atoms with Crippen LogP contribution in [0.5, 0.6) is 5.75 Å². The highest BCUT2D eigenvalue weighted by molar-refractivity contribution is 7.91.